The normalized spacial score (nSPS) is 10.8. The van der Waals surface area contributed by atoms with Gasteiger partial charge in [0.2, 0.25) is 11.8 Å². The van der Waals surface area contributed by atoms with Crippen LogP contribution in [-0.4, -0.2) is 21.8 Å². The number of pyridine rings is 1. The number of primary amides is 1. The van der Waals surface area contributed by atoms with Gasteiger partial charge in [-0.05, 0) is 54.4 Å². The van der Waals surface area contributed by atoms with Crippen LogP contribution < -0.4 is 15.8 Å². The molecule has 3 N–H and O–H groups in total. The van der Waals surface area contributed by atoms with E-state index in [2.05, 4.69) is 15.3 Å². The Morgan fingerprint density at radius 3 is 2.81 bits per heavy atom. The lowest BCUT2D eigenvalue weighted by Crippen LogP contribution is -2.14. The molecular weight excluding hydrogens is 436 g/mol. The molecule has 0 bridgehead atoms. The molecular formula is C22H17ClN4O3S. The molecule has 4 aromatic rings. The number of hydrogen-bond acceptors (Lipinski definition) is 6. The number of aryl methyl sites for hydroxylation is 1. The number of amides is 2. The molecule has 2 amide bonds. The molecule has 31 heavy (non-hydrogen) atoms. The molecule has 0 saturated carbocycles. The zero-order valence-electron chi connectivity index (χ0n) is 16.4. The number of nitrogens with one attached hydrogen (secondary N) is 1. The molecule has 0 aliphatic heterocycles. The van der Waals surface area contributed by atoms with E-state index in [0.29, 0.717) is 16.4 Å². The second-order valence-corrected chi connectivity index (χ2v) is 8.24. The smallest absolute Gasteiger partial charge is 0.254 e. The van der Waals surface area contributed by atoms with Gasteiger partial charge in [-0.2, -0.15) is 0 Å². The van der Waals surface area contributed by atoms with Gasteiger partial charge in [-0.3, -0.25) is 9.59 Å². The second-order valence-electron chi connectivity index (χ2n) is 6.80. The molecule has 0 radical (unpaired) electrons. The van der Waals surface area contributed by atoms with Crippen LogP contribution in [0.1, 0.15) is 21.5 Å². The van der Waals surface area contributed by atoms with Gasteiger partial charge in [0.1, 0.15) is 11.3 Å². The van der Waals surface area contributed by atoms with E-state index in [0.717, 1.165) is 15.8 Å². The zero-order chi connectivity index (χ0) is 22.0. The molecule has 2 aromatic heterocycles. The highest BCUT2D eigenvalue weighted by atomic mass is 35.5. The first-order chi connectivity index (χ1) is 14.9. The topological polar surface area (TPSA) is 107 Å². The molecule has 2 aromatic carbocycles. The van der Waals surface area contributed by atoms with Crippen molar-refractivity contribution in [3.05, 3.63) is 76.4 Å². The number of aromatic nitrogens is 2. The van der Waals surface area contributed by atoms with E-state index in [-0.39, 0.29) is 28.8 Å². The lowest BCUT2D eigenvalue weighted by molar-refractivity contribution is -0.115. The molecule has 0 atom stereocenters. The Labute approximate surface area is 186 Å². The number of carbonyl (C=O) groups excluding carboxylic acids is 2. The molecule has 0 unspecified atom stereocenters. The second kappa shape index (κ2) is 8.71. The fourth-order valence-electron chi connectivity index (χ4n) is 2.94. The summed E-state index contributed by atoms with van der Waals surface area (Å²) in [6.07, 6.45) is 1.60. The minimum absolute atomic E-state index is 0.0634. The quantitative estimate of drug-likeness (QED) is 0.440. The predicted molar refractivity (Wildman–Crippen MR) is 121 cm³/mol. The number of halogens is 1. The Hall–Kier alpha value is -3.49. The number of nitrogens with two attached hydrogens (primary N) is 1. The average Bonchev–Trinajstić information content (AvgIpc) is 3.11. The summed E-state index contributed by atoms with van der Waals surface area (Å²) in [7, 11) is 0. The summed E-state index contributed by atoms with van der Waals surface area (Å²) in [5.41, 5.74) is 8.15. The van der Waals surface area contributed by atoms with E-state index in [1.165, 1.54) is 23.6 Å². The Morgan fingerprint density at radius 1 is 1.19 bits per heavy atom. The number of carbonyl (C=O) groups is 2. The molecule has 0 fully saturated rings. The van der Waals surface area contributed by atoms with Gasteiger partial charge in [0, 0.05) is 6.20 Å². The van der Waals surface area contributed by atoms with Crippen LogP contribution in [0.25, 0.3) is 10.2 Å². The first kappa shape index (κ1) is 20.8. The van der Waals surface area contributed by atoms with Gasteiger partial charge in [0.05, 0.1) is 21.7 Å². The summed E-state index contributed by atoms with van der Waals surface area (Å²) in [6.45, 7) is 2.00. The van der Waals surface area contributed by atoms with Crippen molar-refractivity contribution in [2.45, 2.75) is 13.3 Å². The Bertz CT molecular complexity index is 1310. The number of benzene rings is 2. The molecule has 9 heteroatoms. The number of anilines is 1. The van der Waals surface area contributed by atoms with Crippen LogP contribution in [0.3, 0.4) is 0 Å². The van der Waals surface area contributed by atoms with Crippen molar-refractivity contribution in [1.29, 1.82) is 0 Å². The lowest BCUT2D eigenvalue weighted by atomic mass is 10.1. The van der Waals surface area contributed by atoms with Crippen LogP contribution in [0.4, 0.5) is 5.13 Å². The van der Waals surface area contributed by atoms with Gasteiger partial charge in [-0.15, -0.1) is 0 Å². The van der Waals surface area contributed by atoms with Gasteiger partial charge >= 0.3 is 0 Å². The van der Waals surface area contributed by atoms with Crippen LogP contribution in [0.2, 0.25) is 5.02 Å². The highest BCUT2D eigenvalue weighted by Gasteiger charge is 2.14. The number of ether oxygens (including phenoxy) is 1. The van der Waals surface area contributed by atoms with Gasteiger partial charge < -0.3 is 15.8 Å². The average molecular weight is 453 g/mol. The SMILES string of the molecule is Cc1ccc2sc(NC(=O)Cc3ccc(Oc4ncccc4C(N)=O)c(Cl)c3)nc2c1. The summed E-state index contributed by atoms with van der Waals surface area (Å²) in [6, 6.07) is 14.0. The fraction of sp³-hybridized carbons (Fsp3) is 0.0909. The summed E-state index contributed by atoms with van der Waals surface area (Å²) >= 11 is 7.73. The number of fused-ring (bicyclic) bond motifs is 1. The number of rotatable bonds is 6. The molecule has 0 aliphatic carbocycles. The first-order valence-corrected chi connectivity index (χ1v) is 10.5. The van der Waals surface area contributed by atoms with E-state index in [4.69, 9.17) is 22.1 Å². The van der Waals surface area contributed by atoms with E-state index in [1.807, 2.05) is 25.1 Å². The summed E-state index contributed by atoms with van der Waals surface area (Å²) in [4.78, 5) is 32.4. The van der Waals surface area contributed by atoms with Crippen molar-refractivity contribution >= 4 is 50.1 Å². The van der Waals surface area contributed by atoms with E-state index < -0.39 is 5.91 Å². The number of hydrogen-bond donors (Lipinski definition) is 2. The fourth-order valence-corrected chi connectivity index (χ4v) is 4.04. The van der Waals surface area contributed by atoms with Crippen molar-refractivity contribution in [2.24, 2.45) is 5.73 Å². The van der Waals surface area contributed by atoms with Crippen LogP contribution >= 0.6 is 22.9 Å². The molecule has 0 spiro atoms. The van der Waals surface area contributed by atoms with Crippen molar-refractivity contribution < 1.29 is 14.3 Å². The number of thiazole rings is 1. The standard InChI is InChI=1S/C22H17ClN4O3S/c1-12-4-7-18-16(9-12)26-22(31-18)27-19(28)11-13-5-6-17(15(23)10-13)30-21-14(20(24)29)3-2-8-25-21/h2-10H,11H2,1H3,(H2,24,29)(H,26,27,28). The predicted octanol–water partition coefficient (Wildman–Crippen LogP) is 4.73. The molecule has 7 nitrogen and oxygen atoms in total. The summed E-state index contributed by atoms with van der Waals surface area (Å²) in [5.74, 6) is -0.499. The van der Waals surface area contributed by atoms with Gasteiger partial charge in [-0.25, -0.2) is 9.97 Å². The third-order valence-electron chi connectivity index (χ3n) is 4.39. The lowest BCUT2D eigenvalue weighted by Gasteiger charge is -2.10. The Balaban J connectivity index is 1.45. The number of nitrogens with zero attached hydrogens (tertiary/aromatic N) is 2. The van der Waals surface area contributed by atoms with Crippen molar-refractivity contribution in [3.8, 4) is 11.6 Å². The summed E-state index contributed by atoms with van der Waals surface area (Å²) in [5, 5.41) is 3.65. The van der Waals surface area contributed by atoms with Crippen LogP contribution in [0.15, 0.2) is 54.7 Å². The maximum Gasteiger partial charge on any atom is 0.254 e. The van der Waals surface area contributed by atoms with Gasteiger partial charge in [-0.1, -0.05) is 35.1 Å². The maximum absolute atomic E-state index is 12.5. The maximum atomic E-state index is 12.5. The highest BCUT2D eigenvalue weighted by molar-refractivity contribution is 7.22. The van der Waals surface area contributed by atoms with Crippen molar-refractivity contribution in [2.75, 3.05) is 5.32 Å². The van der Waals surface area contributed by atoms with Crippen molar-refractivity contribution in [1.82, 2.24) is 9.97 Å². The monoisotopic (exact) mass is 452 g/mol. The Morgan fingerprint density at radius 2 is 2.03 bits per heavy atom. The van der Waals surface area contributed by atoms with Crippen LogP contribution in [0, 0.1) is 6.92 Å². The first-order valence-electron chi connectivity index (χ1n) is 9.27. The molecule has 0 saturated heterocycles. The molecule has 0 aliphatic rings. The van der Waals surface area contributed by atoms with Gasteiger partial charge in [0.15, 0.2) is 5.13 Å². The van der Waals surface area contributed by atoms with Crippen molar-refractivity contribution in [3.63, 3.8) is 0 Å². The molecule has 156 valence electrons. The molecule has 4 rings (SSSR count). The zero-order valence-corrected chi connectivity index (χ0v) is 18.0. The highest BCUT2D eigenvalue weighted by Crippen LogP contribution is 2.31. The Kier molecular flexibility index (Phi) is 5.83. The van der Waals surface area contributed by atoms with E-state index >= 15 is 0 Å². The minimum atomic E-state index is -0.655. The third kappa shape index (κ3) is 4.82. The van der Waals surface area contributed by atoms with E-state index in [1.54, 1.807) is 24.3 Å². The summed E-state index contributed by atoms with van der Waals surface area (Å²) < 4.78 is 6.66. The minimum Gasteiger partial charge on any atom is -0.437 e. The molecule has 2 heterocycles. The largest absolute Gasteiger partial charge is 0.437 e. The third-order valence-corrected chi connectivity index (χ3v) is 5.64. The van der Waals surface area contributed by atoms with E-state index in [9.17, 15) is 9.59 Å². The van der Waals surface area contributed by atoms with Gasteiger partial charge in [0.25, 0.3) is 5.91 Å². The van der Waals surface area contributed by atoms with Crippen LogP contribution in [-0.2, 0) is 11.2 Å². The van der Waals surface area contributed by atoms with Crippen LogP contribution in [0.5, 0.6) is 11.6 Å².